The second-order valence-corrected chi connectivity index (χ2v) is 5.41. The van der Waals surface area contributed by atoms with Crippen LogP contribution in [0.3, 0.4) is 0 Å². The van der Waals surface area contributed by atoms with Crippen LogP contribution in [0, 0.1) is 0 Å². The molecule has 118 valence electrons. The molecule has 4 aromatic rings. The molecule has 2 aromatic carbocycles. The highest BCUT2D eigenvalue weighted by atomic mass is 16.5. The molecule has 1 N–H and O–H groups in total. The standard InChI is InChI=1S/C19H13NO4/c21-17-13-8-4-5-9-15(13)23-19-14(17)10-16(24-19)18(22)20-11-12-6-2-1-3-7-12/h1-10H,11H2,(H,20,22). The summed E-state index contributed by atoms with van der Waals surface area (Å²) in [5.41, 5.74) is 1.19. The molecule has 2 aromatic heterocycles. The minimum Gasteiger partial charge on any atom is -0.425 e. The third kappa shape index (κ3) is 2.46. The maximum Gasteiger partial charge on any atom is 0.302 e. The van der Waals surface area contributed by atoms with Crippen LogP contribution in [0.1, 0.15) is 16.1 Å². The average Bonchev–Trinajstić information content (AvgIpc) is 3.05. The predicted molar refractivity (Wildman–Crippen MR) is 89.9 cm³/mol. The molecule has 5 nitrogen and oxygen atoms in total. The zero-order chi connectivity index (χ0) is 16.5. The van der Waals surface area contributed by atoms with Crippen LogP contribution >= 0.6 is 0 Å². The zero-order valence-electron chi connectivity index (χ0n) is 12.6. The summed E-state index contributed by atoms with van der Waals surface area (Å²) in [6.07, 6.45) is 0. The molecule has 0 aliphatic heterocycles. The van der Waals surface area contributed by atoms with Crippen molar-refractivity contribution in [3.05, 3.63) is 82.2 Å². The molecule has 1 amide bonds. The Balaban J connectivity index is 1.67. The molecule has 0 atom stereocenters. The quantitative estimate of drug-likeness (QED) is 0.627. The van der Waals surface area contributed by atoms with Gasteiger partial charge in [0.05, 0.1) is 5.39 Å². The summed E-state index contributed by atoms with van der Waals surface area (Å²) in [6, 6.07) is 17.9. The lowest BCUT2D eigenvalue weighted by molar-refractivity contribution is 0.0923. The number of carbonyl (C=O) groups is 1. The Labute approximate surface area is 136 Å². The van der Waals surface area contributed by atoms with E-state index in [9.17, 15) is 9.59 Å². The van der Waals surface area contributed by atoms with E-state index in [1.54, 1.807) is 24.3 Å². The largest absolute Gasteiger partial charge is 0.425 e. The monoisotopic (exact) mass is 319 g/mol. The van der Waals surface area contributed by atoms with Gasteiger partial charge in [0.25, 0.3) is 5.91 Å². The predicted octanol–water partition coefficient (Wildman–Crippen LogP) is 3.47. The third-order valence-corrected chi connectivity index (χ3v) is 3.80. The summed E-state index contributed by atoms with van der Waals surface area (Å²) >= 11 is 0. The minimum absolute atomic E-state index is 0.0529. The molecule has 0 saturated carbocycles. The molecule has 0 spiro atoms. The van der Waals surface area contributed by atoms with Crippen molar-refractivity contribution in [3.63, 3.8) is 0 Å². The van der Waals surface area contributed by atoms with Gasteiger partial charge in [0, 0.05) is 12.6 Å². The number of hydrogen-bond acceptors (Lipinski definition) is 4. The highest BCUT2D eigenvalue weighted by molar-refractivity contribution is 5.97. The Morgan fingerprint density at radius 3 is 2.50 bits per heavy atom. The number of para-hydroxylation sites is 1. The van der Waals surface area contributed by atoms with Crippen molar-refractivity contribution in [2.45, 2.75) is 6.54 Å². The summed E-state index contributed by atoms with van der Waals surface area (Å²) in [4.78, 5) is 24.7. The summed E-state index contributed by atoms with van der Waals surface area (Å²) < 4.78 is 11.0. The van der Waals surface area contributed by atoms with Crippen LogP contribution in [0.15, 0.2) is 74.3 Å². The molecule has 0 bridgehead atoms. The van der Waals surface area contributed by atoms with E-state index in [0.29, 0.717) is 17.5 Å². The Bertz CT molecular complexity index is 1090. The number of nitrogens with one attached hydrogen (secondary N) is 1. The van der Waals surface area contributed by atoms with Gasteiger partial charge < -0.3 is 14.2 Å². The minimum atomic E-state index is -0.395. The van der Waals surface area contributed by atoms with Gasteiger partial charge in [-0.2, -0.15) is 0 Å². The van der Waals surface area contributed by atoms with Crippen molar-refractivity contribution >= 4 is 28.0 Å². The maximum atomic E-state index is 12.5. The van der Waals surface area contributed by atoms with E-state index >= 15 is 0 Å². The Morgan fingerprint density at radius 2 is 1.67 bits per heavy atom. The second-order valence-electron chi connectivity index (χ2n) is 5.41. The SMILES string of the molecule is O=C(NCc1ccccc1)c1cc2c(=O)c3ccccc3oc2o1. The summed E-state index contributed by atoms with van der Waals surface area (Å²) in [6.45, 7) is 0.375. The maximum absolute atomic E-state index is 12.5. The number of furan rings is 1. The van der Waals surface area contributed by atoms with Crippen molar-refractivity contribution in [1.82, 2.24) is 5.32 Å². The van der Waals surface area contributed by atoms with Crippen molar-refractivity contribution < 1.29 is 13.6 Å². The van der Waals surface area contributed by atoms with Gasteiger partial charge in [0.15, 0.2) is 5.76 Å². The van der Waals surface area contributed by atoms with E-state index in [1.807, 2.05) is 30.3 Å². The molecule has 0 fully saturated rings. The van der Waals surface area contributed by atoms with Gasteiger partial charge in [-0.1, -0.05) is 42.5 Å². The van der Waals surface area contributed by atoms with Crippen molar-refractivity contribution in [2.24, 2.45) is 0 Å². The van der Waals surface area contributed by atoms with Crippen LogP contribution in [0.2, 0.25) is 0 Å². The van der Waals surface area contributed by atoms with Crippen LogP contribution in [-0.2, 0) is 6.54 Å². The van der Waals surface area contributed by atoms with Crippen LogP contribution in [0.5, 0.6) is 0 Å². The number of amides is 1. The highest BCUT2D eigenvalue weighted by Crippen LogP contribution is 2.21. The molecular formula is C19H13NO4. The van der Waals surface area contributed by atoms with Crippen molar-refractivity contribution in [1.29, 1.82) is 0 Å². The van der Waals surface area contributed by atoms with Gasteiger partial charge in [-0.25, -0.2) is 0 Å². The zero-order valence-corrected chi connectivity index (χ0v) is 12.6. The first-order valence-corrected chi connectivity index (χ1v) is 7.50. The summed E-state index contributed by atoms with van der Waals surface area (Å²) in [5.74, 6) is -0.283. The molecule has 0 saturated heterocycles. The van der Waals surface area contributed by atoms with Crippen LogP contribution < -0.4 is 10.7 Å². The smallest absolute Gasteiger partial charge is 0.302 e. The molecule has 24 heavy (non-hydrogen) atoms. The number of fused-ring (bicyclic) bond motifs is 2. The molecule has 0 aliphatic rings. The van der Waals surface area contributed by atoms with Crippen LogP contribution in [-0.4, -0.2) is 5.91 Å². The average molecular weight is 319 g/mol. The lowest BCUT2D eigenvalue weighted by Crippen LogP contribution is -2.22. The Morgan fingerprint density at radius 1 is 0.917 bits per heavy atom. The third-order valence-electron chi connectivity index (χ3n) is 3.80. The number of carbonyl (C=O) groups excluding carboxylic acids is 1. The molecule has 4 rings (SSSR count). The van der Waals surface area contributed by atoms with Crippen molar-refractivity contribution in [3.8, 4) is 0 Å². The fourth-order valence-electron chi connectivity index (χ4n) is 2.57. The van der Waals surface area contributed by atoms with Gasteiger partial charge >= 0.3 is 5.78 Å². The Kier molecular flexibility index (Phi) is 3.39. The number of hydrogen-bond donors (Lipinski definition) is 1. The molecule has 2 heterocycles. The van der Waals surface area contributed by atoms with Gasteiger partial charge in [-0.15, -0.1) is 0 Å². The van der Waals surface area contributed by atoms with E-state index in [0.717, 1.165) is 5.56 Å². The topological polar surface area (TPSA) is 72.5 Å². The molecular weight excluding hydrogens is 306 g/mol. The van der Waals surface area contributed by atoms with E-state index < -0.39 is 5.91 Å². The van der Waals surface area contributed by atoms with E-state index in [4.69, 9.17) is 8.83 Å². The number of benzene rings is 2. The normalized spacial score (nSPS) is 11.0. The molecule has 0 unspecified atom stereocenters. The summed E-state index contributed by atoms with van der Waals surface area (Å²) in [5, 5.41) is 3.48. The van der Waals surface area contributed by atoms with E-state index in [-0.39, 0.29) is 22.4 Å². The first-order chi connectivity index (χ1) is 11.7. The Hall–Kier alpha value is -3.34. The van der Waals surface area contributed by atoms with Gasteiger partial charge in [0.1, 0.15) is 11.0 Å². The molecule has 0 aliphatic carbocycles. The van der Waals surface area contributed by atoms with Gasteiger partial charge in [-0.3, -0.25) is 9.59 Å². The second kappa shape index (κ2) is 5.70. The van der Waals surface area contributed by atoms with E-state index in [1.165, 1.54) is 6.07 Å². The highest BCUT2D eigenvalue weighted by Gasteiger charge is 2.17. The van der Waals surface area contributed by atoms with Gasteiger partial charge in [-0.05, 0) is 17.7 Å². The van der Waals surface area contributed by atoms with Crippen LogP contribution in [0.25, 0.3) is 22.1 Å². The fraction of sp³-hybridized carbons (Fsp3) is 0.0526. The van der Waals surface area contributed by atoms with Gasteiger partial charge in [0.2, 0.25) is 5.43 Å². The lowest BCUT2D eigenvalue weighted by Gasteiger charge is -2.02. The summed E-state index contributed by atoms with van der Waals surface area (Å²) in [7, 11) is 0. The molecule has 0 radical (unpaired) electrons. The molecule has 5 heteroatoms. The van der Waals surface area contributed by atoms with Crippen LogP contribution in [0.4, 0.5) is 0 Å². The lowest BCUT2D eigenvalue weighted by atomic mass is 10.2. The first kappa shape index (κ1) is 14.3. The van der Waals surface area contributed by atoms with E-state index in [2.05, 4.69) is 5.32 Å². The first-order valence-electron chi connectivity index (χ1n) is 7.50. The number of rotatable bonds is 3. The fourth-order valence-corrected chi connectivity index (χ4v) is 2.57. The van der Waals surface area contributed by atoms with Crippen molar-refractivity contribution in [2.75, 3.05) is 0 Å².